The van der Waals surface area contributed by atoms with Gasteiger partial charge in [-0.1, -0.05) is 95.5 Å². The van der Waals surface area contributed by atoms with Crippen LogP contribution < -0.4 is 39.0 Å². The molecule has 0 fully saturated rings. The molecule has 0 atom stereocenters. The van der Waals surface area contributed by atoms with Crippen LogP contribution in [0.4, 0.5) is 0 Å². The number of carbonyl (C=O) groups is 6. The van der Waals surface area contributed by atoms with Gasteiger partial charge in [0, 0.05) is 80.3 Å². The molecule has 0 aliphatic heterocycles. The molecule has 12 aromatic rings. The van der Waals surface area contributed by atoms with Crippen LogP contribution in [0.2, 0.25) is 15.1 Å². The maximum atomic E-state index is 13.2. The summed E-state index contributed by atoms with van der Waals surface area (Å²) in [6, 6.07) is 43.4. The number of esters is 1. The number of furan rings is 1. The molecule has 0 unspecified atom stereocenters. The monoisotopic (exact) mass is 1760 g/mol. The van der Waals surface area contributed by atoms with Crippen LogP contribution >= 0.6 is 50.7 Å². The van der Waals surface area contributed by atoms with Gasteiger partial charge in [-0.2, -0.15) is 0 Å². The Morgan fingerprint density at radius 2 is 0.836 bits per heavy atom. The Kier molecular flexibility index (Phi) is 29.6. The van der Waals surface area contributed by atoms with Crippen LogP contribution in [-0.2, 0) is 61.1 Å². The van der Waals surface area contributed by atoms with Gasteiger partial charge < -0.3 is 53.5 Å². The van der Waals surface area contributed by atoms with Crippen molar-refractivity contribution in [2.24, 2.45) is 7.05 Å². The van der Waals surface area contributed by atoms with Gasteiger partial charge >= 0.3 is 5.97 Å². The van der Waals surface area contributed by atoms with Gasteiger partial charge in [0.15, 0.2) is 10.4 Å². The number of benzene rings is 7. The molecular weight excluding hydrogens is 1680 g/mol. The third-order valence-electron chi connectivity index (χ3n) is 18.4. The normalized spacial score (nSPS) is 11.4. The standard InChI is InChI=1S/C28H31ClN4O5S.C28H27ClN2O6S.C27H27BrClN3O6S/c1-18-15-21(16-19(2)25(18)29)38-13-6-8-23-22-7-4-5-9-24(22)31-26(23)28(35)32-39(36,37)14-11-30-27(34)20-10-12-33(3)17-20;1-17-14-20(15-18(2)25(17)29)37-13-7-11-23-22-10-4-5-12-24(22)30-26(23)27(32)31-38(34,35)21-9-6-8-19(16-21)28(33)36-3;1-16-14-18(15-17(2)24(16)29)37-12-5-7-20-19-6-3-4-8-21(19)31-25(20)27(34)32-39(35,36)13-11-30-26(33)22-9-10-23(28)38-22/h4-5,7,9-10,12,15-17,31H,6,8,11,13-14H2,1-3H3,(H,30,34)(H,32,35);4-6,8-10,12,14-16,30H,7,11,13H2,1-3H3,(H,31,32);3-4,6,8-10,14-15,31H,5,7,11-13H2,1-2H3,(H,30,33)(H,32,34). The predicted octanol–water partition coefficient (Wildman–Crippen LogP) is 14.9. The van der Waals surface area contributed by atoms with Crippen molar-refractivity contribution in [3.05, 3.63) is 268 Å². The van der Waals surface area contributed by atoms with E-state index in [0.29, 0.717) is 117 Å². The fourth-order valence-electron chi connectivity index (χ4n) is 12.7. The summed E-state index contributed by atoms with van der Waals surface area (Å²) in [6.07, 6.45) is 6.55. The number of methoxy groups -OCH3 is 1. The van der Waals surface area contributed by atoms with Gasteiger partial charge in [0.1, 0.15) is 34.3 Å². The minimum absolute atomic E-state index is 0.0383. The number of carbonyl (C=O) groups excluding carboxylic acids is 6. The summed E-state index contributed by atoms with van der Waals surface area (Å²) >= 11 is 21.8. The molecule has 0 aliphatic carbocycles. The third-order valence-corrected chi connectivity index (χ3v) is 24.4. The van der Waals surface area contributed by atoms with E-state index in [1.807, 2.05) is 151 Å². The number of halogens is 4. The zero-order valence-corrected chi connectivity index (χ0v) is 70.7. The lowest BCUT2D eigenvalue weighted by molar-refractivity contribution is 0.0599. The van der Waals surface area contributed by atoms with Crippen molar-refractivity contribution in [1.82, 2.24) is 44.3 Å². The van der Waals surface area contributed by atoms with Gasteiger partial charge in [0.25, 0.3) is 39.6 Å². The lowest BCUT2D eigenvalue weighted by Gasteiger charge is -2.11. The first kappa shape index (κ1) is 87.5. The predicted molar refractivity (Wildman–Crippen MR) is 451 cm³/mol. The number of para-hydroxylation sites is 3. The number of hydrogen-bond acceptors (Lipinski definition) is 17. The summed E-state index contributed by atoms with van der Waals surface area (Å²) in [5, 5.41) is 9.64. The number of aromatic amines is 3. The van der Waals surface area contributed by atoms with E-state index >= 15 is 0 Å². The Morgan fingerprint density at radius 3 is 1.20 bits per heavy atom. The lowest BCUT2D eigenvalue weighted by Crippen LogP contribution is -2.37. The molecule has 5 heterocycles. The number of ether oxygens (including phenoxy) is 4. The minimum Gasteiger partial charge on any atom is -0.494 e. The summed E-state index contributed by atoms with van der Waals surface area (Å²) < 4.78 is 112. The largest absolute Gasteiger partial charge is 0.494 e. The number of H-pyrrole nitrogens is 3. The first-order valence-corrected chi connectivity index (χ1v) is 43.2. The second kappa shape index (κ2) is 39.2. The number of aromatic nitrogens is 4. The Bertz CT molecular complexity index is 5720. The maximum Gasteiger partial charge on any atom is 0.337 e. The SMILES string of the molecule is COC(=O)c1cccc(S(=O)(=O)NC(=O)c2[nH]c3ccccc3c2CCCOc2cc(C)c(Cl)c(C)c2)c1.Cc1cc(OCCCc2c(C(=O)NS(=O)(=O)CCNC(=O)c3ccc(Br)o3)[nH]c3ccccc23)cc(C)c1Cl.Cc1cc(OCCCc2c(C(=O)NS(=O)(=O)CCNC(=O)c3ccn(C)c3)[nH]c3ccccc23)cc(C)c1Cl. The van der Waals surface area contributed by atoms with E-state index in [1.165, 1.54) is 31.4 Å². The van der Waals surface area contributed by atoms with Gasteiger partial charge in [0.05, 0.1) is 54.5 Å². The molecule has 0 radical (unpaired) electrons. The minimum atomic E-state index is -4.26. The Balaban J connectivity index is 0.000000184. The van der Waals surface area contributed by atoms with Gasteiger partial charge in [-0.25, -0.2) is 44.2 Å². The van der Waals surface area contributed by atoms with E-state index < -0.39 is 71.2 Å². The van der Waals surface area contributed by atoms with E-state index in [2.05, 4.69) is 60.4 Å². The van der Waals surface area contributed by atoms with E-state index in [4.69, 9.17) is 53.4 Å². The van der Waals surface area contributed by atoms with Crippen molar-refractivity contribution in [1.29, 1.82) is 0 Å². The molecule has 0 saturated heterocycles. The van der Waals surface area contributed by atoms with Crippen molar-refractivity contribution in [2.75, 3.05) is 51.5 Å². The number of nitrogens with zero attached hydrogens (tertiary/aromatic N) is 1. The molecule has 0 aliphatic rings. The molecule has 0 spiro atoms. The van der Waals surface area contributed by atoms with Crippen LogP contribution in [0.3, 0.4) is 0 Å². The molecule has 610 valence electrons. The number of rotatable bonds is 31. The first-order valence-electron chi connectivity index (χ1n) is 36.4. The maximum absolute atomic E-state index is 13.2. The molecule has 12 rings (SSSR count). The fraction of sp³-hybridized carbons (Fsp3) is 0.253. The van der Waals surface area contributed by atoms with Gasteiger partial charge in [-0.3, -0.25) is 24.0 Å². The molecule has 26 nitrogen and oxygen atoms in total. The highest BCUT2D eigenvalue weighted by molar-refractivity contribution is 9.10. The van der Waals surface area contributed by atoms with E-state index in [1.54, 1.807) is 36.1 Å². The number of fused-ring (bicyclic) bond motifs is 3. The topological polar surface area (TPSA) is 367 Å². The van der Waals surface area contributed by atoms with Gasteiger partial charge in [-0.05, 0) is 237 Å². The van der Waals surface area contributed by atoms with Crippen molar-refractivity contribution < 1.29 is 77.4 Å². The fourth-order valence-corrected chi connectivity index (χ4v) is 16.1. The Morgan fingerprint density at radius 1 is 0.457 bits per heavy atom. The summed E-state index contributed by atoms with van der Waals surface area (Å²) in [7, 11) is -9.32. The van der Waals surface area contributed by atoms with Crippen molar-refractivity contribution in [3.8, 4) is 17.2 Å². The van der Waals surface area contributed by atoms with Crippen LogP contribution in [0, 0.1) is 41.5 Å². The number of hydrogen-bond donors (Lipinski definition) is 8. The highest BCUT2D eigenvalue weighted by Crippen LogP contribution is 2.32. The van der Waals surface area contributed by atoms with Crippen molar-refractivity contribution >= 4 is 149 Å². The average Bonchev–Trinajstić information content (AvgIpc) is 1.62. The molecule has 8 N–H and O–H groups in total. The van der Waals surface area contributed by atoms with E-state index in [9.17, 15) is 54.0 Å². The number of amides is 5. The van der Waals surface area contributed by atoms with Crippen LogP contribution in [0.5, 0.6) is 17.2 Å². The highest BCUT2D eigenvalue weighted by Gasteiger charge is 2.28. The average molecular weight is 1760 g/mol. The number of nitrogens with one attached hydrogen (secondary N) is 8. The molecular formula is C83H85BrCl3N9O17S3. The Hall–Kier alpha value is -10.9. The quantitative estimate of drug-likeness (QED) is 0.0148. The molecule has 5 aromatic heterocycles. The van der Waals surface area contributed by atoms with Crippen LogP contribution in [0.1, 0.15) is 132 Å². The molecule has 0 saturated carbocycles. The van der Waals surface area contributed by atoms with Crippen molar-refractivity contribution in [3.63, 3.8) is 0 Å². The first-order chi connectivity index (χ1) is 55.2. The zero-order chi connectivity index (χ0) is 83.8. The van der Waals surface area contributed by atoms with E-state index in [0.717, 1.165) is 72.4 Å². The van der Waals surface area contributed by atoms with Gasteiger partial charge in [0.2, 0.25) is 20.0 Å². The molecule has 116 heavy (non-hydrogen) atoms. The van der Waals surface area contributed by atoms with Crippen molar-refractivity contribution in [2.45, 2.75) is 85.0 Å². The summed E-state index contributed by atoms with van der Waals surface area (Å²) in [6.45, 7) is 12.3. The van der Waals surface area contributed by atoms with E-state index in [-0.39, 0.29) is 52.3 Å². The molecule has 0 bridgehead atoms. The summed E-state index contributed by atoms with van der Waals surface area (Å²) in [4.78, 5) is 84.3. The second-order valence-corrected chi connectivity index (χ2v) is 34.5. The van der Waals surface area contributed by atoms with Crippen LogP contribution in [0.15, 0.2) is 178 Å². The second-order valence-electron chi connectivity index (χ2n) is 27.2. The lowest BCUT2D eigenvalue weighted by atomic mass is 10.1. The smallest absolute Gasteiger partial charge is 0.337 e. The van der Waals surface area contributed by atoms with Crippen LogP contribution in [-0.4, -0.2) is 132 Å². The van der Waals surface area contributed by atoms with Gasteiger partial charge in [-0.15, -0.1) is 0 Å². The summed E-state index contributed by atoms with van der Waals surface area (Å²) in [5.74, 6) is -2.71. The molecule has 33 heteroatoms. The summed E-state index contributed by atoms with van der Waals surface area (Å²) in [5.41, 5.74) is 10.8. The molecule has 7 aromatic carbocycles. The highest BCUT2D eigenvalue weighted by atomic mass is 79.9. The van der Waals surface area contributed by atoms with Crippen LogP contribution in [0.25, 0.3) is 32.7 Å². The third kappa shape index (κ3) is 23.0. The Labute approximate surface area is 694 Å². The number of aryl methyl sites for hydroxylation is 10. The number of sulfonamides is 3. The molecule has 5 amide bonds. The zero-order valence-electron chi connectivity index (χ0n) is 64.4.